The fourth-order valence-corrected chi connectivity index (χ4v) is 3.12. The summed E-state index contributed by atoms with van der Waals surface area (Å²) in [6.07, 6.45) is 2.55. The molecule has 1 aliphatic carbocycles. The molecular weight excluding hydrogens is 271 g/mol. The molecule has 0 spiro atoms. The molecule has 0 heterocycles. The minimum atomic E-state index is -0.985. The predicted molar refractivity (Wildman–Crippen MR) is 79.1 cm³/mol. The molecule has 0 aromatic heterocycles. The monoisotopic (exact) mass is 290 g/mol. The lowest BCUT2D eigenvalue weighted by molar-refractivity contribution is -0.135. The maximum Gasteiger partial charge on any atom is 0.254 e. The summed E-state index contributed by atoms with van der Waals surface area (Å²) in [5, 5.41) is 9.14. The standard InChI is InChI=1S/C16H19FN2O2/c1-10-7-16(15(20)19-21,8-12(10)9-18-3)13-5-4-6-14(17)11(13)2/h4-6,9,21H,7-8H2,1-3H3,(H,19,20)/t16-/m1/s1. The molecule has 0 fully saturated rings. The maximum absolute atomic E-state index is 13.9. The first kappa shape index (κ1) is 15.4. The lowest BCUT2D eigenvalue weighted by Gasteiger charge is -2.29. The molecule has 21 heavy (non-hydrogen) atoms. The van der Waals surface area contributed by atoms with E-state index >= 15 is 0 Å². The Morgan fingerprint density at radius 2 is 2.14 bits per heavy atom. The van der Waals surface area contributed by atoms with Crippen LogP contribution in [0, 0.1) is 12.7 Å². The summed E-state index contributed by atoms with van der Waals surface area (Å²) < 4.78 is 13.9. The number of hydrogen-bond acceptors (Lipinski definition) is 3. The van der Waals surface area contributed by atoms with E-state index in [1.165, 1.54) is 6.07 Å². The summed E-state index contributed by atoms with van der Waals surface area (Å²) in [7, 11) is 1.67. The average Bonchev–Trinajstić information content (AvgIpc) is 2.79. The number of nitrogens with one attached hydrogen (secondary N) is 1. The fourth-order valence-electron chi connectivity index (χ4n) is 3.12. The van der Waals surface area contributed by atoms with E-state index < -0.39 is 11.3 Å². The van der Waals surface area contributed by atoms with Crippen molar-refractivity contribution < 1.29 is 14.4 Å². The second kappa shape index (κ2) is 5.77. The number of aliphatic imine (C=N–C) groups is 1. The minimum absolute atomic E-state index is 0.354. The van der Waals surface area contributed by atoms with Gasteiger partial charge in [-0.2, -0.15) is 0 Å². The van der Waals surface area contributed by atoms with Gasteiger partial charge in [0.2, 0.25) is 0 Å². The molecule has 5 heteroatoms. The first-order valence-electron chi connectivity index (χ1n) is 6.77. The molecule has 0 radical (unpaired) electrons. The van der Waals surface area contributed by atoms with E-state index in [1.54, 1.807) is 37.8 Å². The van der Waals surface area contributed by atoms with Gasteiger partial charge in [-0.1, -0.05) is 17.7 Å². The average molecular weight is 290 g/mol. The van der Waals surface area contributed by atoms with Crippen molar-refractivity contribution in [1.82, 2.24) is 5.48 Å². The molecule has 0 bridgehead atoms. The molecule has 2 rings (SSSR count). The number of nitrogens with zero attached hydrogens (tertiary/aromatic N) is 1. The van der Waals surface area contributed by atoms with Gasteiger partial charge in [0.15, 0.2) is 0 Å². The van der Waals surface area contributed by atoms with Crippen LogP contribution < -0.4 is 5.48 Å². The van der Waals surface area contributed by atoms with Crippen molar-refractivity contribution in [1.29, 1.82) is 0 Å². The third-order valence-electron chi connectivity index (χ3n) is 4.21. The Labute approximate surface area is 123 Å². The Hall–Kier alpha value is -2.01. The number of rotatable bonds is 3. The van der Waals surface area contributed by atoms with E-state index in [0.29, 0.717) is 24.0 Å². The summed E-state index contributed by atoms with van der Waals surface area (Å²) in [6.45, 7) is 3.58. The van der Waals surface area contributed by atoms with Gasteiger partial charge in [0, 0.05) is 13.3 Å². The lowest BCUT2D eigenvalue weighted by atomic mass is 9.74. The molecule has 0 saturated heterocycles. The molecule has 0 aliphatic heterocycles. The van der Waals surface area contributed by atoms with Gasteiger partial charge >= 0.3 is 0 Å². The Kier molecular flexibility index (Phi) is 4.23. The number of benzene rings is 1. The number of carbonyl (C=O) groups excluding carboxylic acids is 1. The summed E-state index contributed by atoms with van der Waals surface area (Å²) in [4.78, 5) is 16.3. The van der Waals surface area contributed by atoms with Crippen molar-refractivity contribution in [3.63, 3.8) is 0 Å². The molecule has 1 aliphatic rings. The van der Waals surface area contributed by atoms with Gasteiger partial charge in [-0.05, 0) is 49.5 Å². The first-order chi connectivity index (χ1) is 9.96. The van der Waals surface area contributed by atoms with Crippen LogP contribution in [-0.4, -0.2) is 24.4 Å². The topological polar surface area (TPSA) is 61.7 Å². The quantitative estimate of drug-likeness (QED) is 0.511. The molecular formula is C16H19FN2O2. The number of amides is 1. The fraction of sp³-hybridized carbons (Fsp3) is 0.375. The van der Waals surface area contributed by atoms with Crippen molar-refractivity contribution in [2.24, 2.45) is 4.99 Å². The SMILES string of the molecule is CN=CC1=C(C)C[C@](C(=O)NO)(c2cccc(F)c2C)C1. The molecule has 1 aromatic carbocycles. The van der Waals surface area contributed by atoms with Gasteiger partial charge in [-0.15, -0.1) is 0 Å². The number of carbonyl (C=O) groups is 1. The van der Waals surface area contributed by atoms with E-state index in [2.05, 4.69) is 4.99 Å². The van der Waals surface area contributed by atoms with Gasteiger partial charge in [0.05, 0.1) is 5.41 Å². The van der Waals surface area contributed by atoms with Crippen LogP contribution in [0.5, 0.6) is 0 Å². The lowest BCUT2D eigenvalue weighted by Crippen LogP contribution is -2.42. The van der Waals surface area contributed by atoms with E-state index in [-0.39, 0.29) is 5.82 Å². The van der Waals surface area contributed by atoms with Gasteiger partial charge in [0.25, 0.3) is 5.91 Å². The Bertz CT molecular complexity index is 637. The summed E-state index contributed by atoms with van der Waals surface area (Å²) in [5.41, 5.74) is 3.77. The smallest absolute Gasteiger partial charge is 0.254 e. The molecule has 112 valence electrons. The molecule has 1 atom stereocenters. The maximum atomic E-state index is 13.9. The minimum Gasteiger partial charge on any atom is -0.296 e. The summed E-state index contributed by atoms with van der Waals surface area (Å²) in [6, 6.07) is 4.70. The van der Waals surface area contributed by atoms with Crippen LogP contribution in [0.2, 0.25) is 0 Å². The van der Waals surface area contributed by atoms with Crippen LogP contribution >= 0.6 is 0 Å². The second-order valence-electron chi connectivity index (χ2n) is 5.48. The van der Waals surface area contributed by atoms with Gasteiger partial charge in [-0.25, -0.2) is 9.87 Å². The van der Waals surface area contributed by atoms with E-state index in [1.807, 2.05) is 6.92 Å². The van der Waals surface area contributed by atoms with Crippen LogP contribution in [0.15, 0.2) is 34.3 Å². The third-order valence-corrected chi connectivity index (χ3v) is 4.21. The van der Waals surface area contributed by atoms with Crippen LogP contribution in [-0.2, 0) is 10.2 Å². The van der Waals surface area contributed by atoms with Crippen molar-refractivity contribution >= 4 is 12.1 Å². The zero-order chi connectivity index (χ0) is 15.6. The van der Waals surface area contributed by atoms with Crippen molar-refractivity contribution in [3.05, 3.63) is 46.3 Å². The molecule has 0 saturated carbocycles. The molecule has 1 amide bonds. The van der Waals surface area contributed by atoms with Gasteiger partial charge in [-0.3, -0.25) is 15.0 Å². The van der Waals surface area contributed by atoms with Gasteiger partial charge in [0.1, 0.15) is 5.82 Å². The van der Waals surface area contributed by atoms with Crippen LogP contribution in [0.3, 0.4) is 0 Å². The molecule has 2 N–H and O–H groups in total. The third kappa shape index (κ3) is 2.49. The Morgan fingerprint density at radius 3 is 2.76 bits per heavy atom. The largest absolute Gasteiger partial charge is 0.296 e. The van der Waals surface area contributed by atoms with Crippen LogP contribution in [0.4, 0.5) is 4.39 Å². The normalized spacial score (nSPS) is 22.1. The highest BCUT2D eigenvalue weighted by Gasteiger charge is 2.46. The number of hydrogen-bond donors (Lipinski definition) is 2. The zero-order valence-electron chi connectivity index (χ0n) is 12.4. The highest BCUT2D eigenvalue weighted by molar-refractivity contribution is 5.93. The van der Waals surface area contributed by atoms with Crippen molar-refractivity contribution in [2.45, 2.75) is 32.1 Å². The molecule has 1 aromatic rings. The summed E-state index contributed by atoms with van der Waals surface area (Å²) >= 11 is 0. The summed E-state index contributed by atoms with van der Waals surface area (Å²) in [5.74, 6) is -0.872. The highest BCUT2D eigenvalue weighted by atomic mass is 19.1. The van der Waals surface area contributed by atoms with Crippen molar-refractivity contribution in [2.75, 3.05) is 7.05 Å². The second-order valence-corrected chi connectivity index (χ2v) is 5.48. The Morgan fingerprint density at radius 1 is 1.43 bits per heavy atom. The number of allylic oxidation sites excluding steroid dienone is 2. The Balaban J connectivity index is 2.57. The van der Waals surface area contributed by atoms with E-state index in [4.69, 9.17) is 5.21 Å². The molecule has 0 unspecified atom stereocenters. The van der Waals surface area contributed by atoms with Crippen LogP contribution in [0.1, 0.15) is 30.9 Å². The van der Waals surface area contributed by atoms with E-state index in [0.717, 1.165) is 11.1 Å². The zero-order valence-corrected chi connectivity index (χ0v) is 12.4. The predicted octanol–water partition coefficient (Wildman–Crippen LogP) is 2.69. The van der Waals surface area contributed by atoms with Crippen molar-refractivity contribution in [3.8, 4) is 0 Å². The van der Waals surface area contributed by atoms with Gasteiger partial charge < -0.3 is 0 Å². The number of halogens is 1. The van der Waals surface area contributed by atoms with Crippen LogP contribution in [0.25, 0.3) is 0 Å². The number of hydroxylamine groups is 1. The highest BCUT2D eigenvalue weighted by Crippen LogP contribution is 2.45. The molecule has 4 nitrogen and oxygen atoms in total. The first-order valence-corrected chi connectivity index (χ1v) is 6.77. The van der Waals surface area contributed by atoms with E-state index in [9.17, 15) is 9.18 Å².